The number of rotatable bonds is 0. The van der Waals surface area contributed by atoms with Gasteiger partial charge in [-0.2, -0.15) is 0 Å². The molecule has 2 nitrogen and oxygen atoms in total. The maximum absolute atomic E-state index is 11.9. The molecule has 1 fully saturated rings. The quantitative estimate of drug-likeness (QED) is 0.561. The van der Waals surface area contributed by atoms with Gasteiger partial charge in [-0.05, 0) is 18.8 Å². The molecule has 1 aliphatic heterocycles. The summed E-state index contributed by atoms with van der Waals surface area (Å²) in [5.74, 6) is 1.81. The van der Waals surface area contributed by atoms with Crippen molar-refractivity contribution in [3.63, 3.8) is 0 Å². The molecule has 3 aliphatic rings. The number of nitrogens with zero attached hydrogens (tertiary/aromatic N) is 1. The predicted molar refractivity (Wildman–Crippen MR) is 59.2 cm³/mol. The Morgan fingerprint density at radius 2 is 2.33 bits per heavy atom. The second kappa shape index (κ2) is 3.22. The van der Waals surface area contributed by atoms with Crippen LogP contribution in [-0.2, 0) is 4.79 Å². The molecule has 0 aromatic rings. The molecule has 1 saturated heterocycles. The van der Waals surface area contributed by atoms with Crippen molar-refractivity contribution in [3.05, 3.63) is 23.9 Å². The molecule has 15 heavy (non-hydrogen) atoms. The van der Waals surface area contributed by atoms with Crippen LogP contribution in [0.25, 0.3) is 0 Å². The number of carbonyl (C=O) groups is 1. The van der Waals surface area contributed by atoms with Crippen molar-refractivity contribution in [3.8, 4) is 0 Å². The van der Waals surface area contributed by atoms with E-state index in [2.05, 4.69) is 30.2 Å². The molecule has 2 heteroatoms. The van der Waals surface area contributed by atoms with Crippen LogP contribution in [-0.4, -0.2) is 24.3 Å². The van der Waals surface area contributed by atoms with Gasteiger partial charge in [0.15, 0.2) is 0 Å². The highest BCUT2D eigenvalue weighted by Crippen LogP contribution is 2.44. The average molecular weight is 203 g/mol. The SMILES string of the molecule is CN1CCC2CC=CC3C(=O)CC=C1C23. The third kappa shape index (κ3) is 1.27. The van der Waals surface area contributed by atoms with Crippen LogP contribution in [0.15, 0.2) is 23.9 Å². The fraction of sp³-hybridized carbons (Fsp3) is 0.615. The molecule has 0 N–H and O–H groups in total. The van der Waals surface area contributed by atoms with Gasteiger partial charge in [-0.1, -0.05) is 18.2 Å². The minimum absolute atomic E-state index is 0.187. The van der Waals surface area contributed by atoms with E-state index in [4.69, 9.17) is 0 Å². The standard InChI is InChI=1S/C13H17NO/c1-14-8-7-9-3-2-4-10-12(15)6-5-11(14)13(9)10/h2,4-5,9-10,13H,3,6-8H2,1H3. The molecule has 0 aromatic carbocycles. The molecule has 0 bridgehead atoms. The van der Waals surface area contributed by atoms with Crippen LogP contribution in [0.5, 0.6) is 0 Å². The van der Waals surface area contributed by atoms with Crippen molar-refractivity contribution >= 4 is 5.78 Å². The molecule has 3 atom stereocenters. The van der Waals surface area contributed by atoms with Crippen molar-refractivity contribution in [1.29, 1.82) is 0 Å². The number of hydrogen-bond donors (Lipinski definition) is 0. The Kier molecular flexibility index (Phi) is 1.98. The van der Waals surface area contributed by atoms with Gasteiger partial charge in [0.2, 0.25) is 0 Å². The maximum Gasteiger partial charge on any atom is 0.144 e. The van der Waals surface area contributed by atoms with Gasteiger partial charge in [-0.25, -0.2) is 0 Å². The first-order valence-corrected chi connectivity index (χ1v) is 5.88. The first-order valence-electron chi connectivity index (χ1n) is 5.88. The van der Waals surface area contributed by atoms with Crippen molar-refractivity contribution in [2.45, 2.75) is 19.3 Å². The van der Waals surface area contributed by atoms with E-state index in [1.165, 1.54) is 18.5 Å². The van der Waals surface area contributed by atoms with Gasteiger partial charge in [-0.3, -0.25) is 4.79 Å². The summed E-state index contributed by atoms with van der Waals surface area (Å²) in [5.41, 5.74) is 1.43. The van der Waals surface area contributed by atoms with Crippen LogP contribution in [0.3, 0.4) is 0 Å². The highest BCUT2D eigenvalue weighted by atomic mass is 16.1. The second-order valence-electron chi connectivity index (χ2n) is 4.99. The van der Waals surface area contributed by atoms with Crippen molar-refractivity contribution in [2.24, 2.45) is 17.8 Å². The minimum atomic E-state index is 0.187. The van der Waals surface area contributed by atoms with E-state index in [0.717, 1.165) is 6.54 Å². The van der Waals surface area contributed by atoms with E-state index < -0.39 is 0 Å². The van der Waals surface area contributed by atoms with Gasteiger partial charge in [0, 0.05) is 37.5 Å². The molecule has 0 radical (unpaired) electrons. The summed E-state index contributed by atoms with van der Waals surface area (Å²) >= 11 is 0. The number of likely N-dealkylation sites (tertiary alicyclic amines) is 1. The molecule has 0 saturated carbocycles. The predicted octanol–water partition coefficient (Wildman–Crippen LogP) is 1.99. The van der Waals surface area contributed by atoms with Gasteiger partial charge in [-0.15, -0.1) is 0 Å². The summed E-state index contributed by atoms with van der Waals surface area (Å²) in [6, 6.07) is 0. The number of piperidine rings is 1. The van der Waals surface area contributed by atoms with Crippen LogP contribution in [0.1, 0.15) is 19.3 Å². The van der Waals surface area contributed by atoms with Crippen molar-refractivity contribution in [2.75, 3.05) is 13.6 Å². The zero-order chi connectivity index (χ0) is 10.4. The zero-order valence-electron chi connectivity index (χ0n) is 9.15. The first kappa shape index (κ1) is 9.20. The highest BCUT2D eigenvalue weighted by Gasteiger charge is 2.42. The lowest BCUT2D eigenvalue weighted by atomic mass is 9.66. The normalized spacial score (nSPS) is 38.7. The van der Waals surface area contributed by atoms with Gasteiger partial charge < -0.3 is 4.90 Å². The Labute approximate surface area is 90.6 Å². The zero-order valence-corrected chi connectivity index (χ0v) is 9.15. The van der Waals surface area contributed by atoms with E-state index in [1.54, 1.807) is 0 Å². The average Bonchev–Trinajstić information content (AvgIpc) is 2.26. The fourth-order valence-corrected chi connectivity index (χ4v) is 3.37. The fourth-order valence-electron chi connectivity index (χ4n) is 3.37. The van der Waals surface area contributed by atoms with E-state index in [9.17, 15) is 4.79 Å². The maximum atomic E-state index is 11.9. The van der Waals surface area contributed by atoms with Crippen LogP contribution in [0, 0.1) is 17.8 Å². The third-order valence-corrected chi connectivity index (χ3v) is 4.18. The topological polar surface area (TPSA) is 20.3 Å². The van der Waals surface area contributed by atoms with E-state index >= 15 is 0 Å². The highest BCUT2D eigenvalue weighted by molar-refractivity contribution is 5.86. The van der Waals surface area contributed by atoms with Crippen LogP contribution < -0.4 is 0 Å². The molecule has 0 spiro atoms. The summed E-state index contributed by atoms with van der Waals surface area (Å²) in [5, 5.41) is 0. The number of hydrogen-bond acceptors (Lipinski definition) is 2. The first-order chi connectivity index (χ1) is 7.27. The Hall–Kier alpha value is -1.05. The summed E-state index contributed by atoms with van der Waals surface area (Å²) < 4.78 is 0. The minimum Gasteiger partial charge on any atom is -0.378 e. The van der Waals surface area contributed by atoms with Gasteiger partial charge >= 0.3 is 0 Å². The van der Waals surface area contributed by atoms with Crippen LogP contribution in [0.4, 0.5) is 0 Å². The smallest absolute Gasteiger partial charge is 0.144 e. The summed E-state index contributed by atoms with van der Waals surface area (Å²) in [4.78, 5) is 14.2. The van der Waals surface area contributed by atoms with Crippen molar-refractivity contribution in [1.82, 2.24) is 4.90 Å². The van der Waals surface area contributed by atoms with E-state index in [-0.39, 0.29) is 5.92 Å². The lowest BCUT2D eigenvalue weighted by Gasteiger charge is -2.46. The molecule has 3 rings (SSSR count). The van der Waals surface area contributed by atoms with Crippen LogP contribution in [0.2, 0.25) is 0 Å². The van der Waals surface area contributed by atoms with E-state index in [0.29, 0.717) is 24.0 Å². The Bertz CT molecular complexity index is 356. The molecule has 2 aliphatic carbocycles. The number of allylic oxidation sites excluding steroid dienone is 4. The summed E-state index contributed by atoms with van der Waals surface area (Å²) in [7, 11) is 2.16. The molecule has 1 heterocycles. The molecule has 0 amide bonds. The molecule has 80 valence electrons. The lowest BCUT2D eigenvalue weighted by Crippen LogP contribution is -2.44. The molecule has 3 unspecified atom stereocenters. The second-order valence-corrected chi connectivity index (χ2v) is 4.99. The van der Waals surface area contributed by atoms with Gasteiger partial charge in [0.05, 0.1) is 0 Å². The lowest BCUT2D eigenvalue weighted by molar-refractivity contribution is -0.123. The molecular weight excluding hydrogens is 186 g/mol. The molecular formula is C13H17NO. The Morgan fingerprint density at radius 3 is 3.20 bits per heavy atom. The number of Topliss-reactive ketones (excluding diaryl/α,β-unsaturated/α-hetero) is 1. The van der Waals surface area contributed by atoms with Crippen LogP contribution >= 0.6 is 0 Å². The largest absolute Gasteiger partial charge is 0.378 e. The third-order valence-electron chi connectivity index (χ3n) is 4.18. The number of ketones is 1. The van der Waals surface area contributed by atoms with Crippen molar-refractivity contribution < 1.29 is 4.79 Å². The monoisotopic (exact) mass is 203 g/mol. The number of carbonyl (C=O) groups excluding carboxylic acids is 1. The molecule has 0 aromatic heterocycles. The van der Waals surface area contributed by atoms with Gasteiger partial charge in [0.1, 0.15) is 5.78 Å². The Balaban J connectivity index is 2.04. The van der Waals surface area contributed by atoms with Gasteiger partial charge in [0.25, 0.3) is 0 Å². The van der Waals surface area contributed by atoms with E-state index in [1.807, 2.05) is 0 Å². The summed E-state index contributed by atoms with van der Waals surface area (Å²) in [6.45, 7) is 1.15. The Morgan fingerprint density at radius 1 is 1.47 bits per heavy atom. The summed E-state index contributed by atoms with van der Waals surface area (Å²) in [6.07, 6.45) is 9.58.